The van der Waals surface area contributed by atoms with Gasteiger partial charge < -0.3 is 9.64 Å². The summed E-state index contributed by atoms with van der Waals surface area (Å²) in [4.78, 5) is 19.4. The third kappa shape index (κ3) is 4.58. The second kappa shape index (κ2) is 8.26. The van der Waals surface area contributed by atoms with Crippen molar-refractivity contribution in [2.45, 2.75) is 13.5 Å². The molecule has 0 unspecified atom stereocenters. The van der Waals surface area contributed by atoms with E-state index in [9.17, 15) is 13.6 Å². The van der Waals surface area contributed by atoms with Crippen LogP contribution in [-0.2, 0) is 0 Å². The number of hydrogen-bond donors (Lipinski definition) is 1. The van der Waals surface area contributed by atoms with Crippen molar-refractivity contribution in [2.24, 2.45) is 0 Å². The summed E-state index contributed by atoms with van der Waals surface area (Å²) in [5.74, 6) is 0.293. The van der Waals surface area contributed by atoms with Gasteiger partial charge in [-0.25, -0.2) is 4.98 Å². The molecular weight excluding hydrogens is 388 g/mol. The quantitative estimate of drug-likeness (QED) is 0.671. The molecule has 1 N–H and O–H groups in total. The monoisotopic (exact) mass is 405 g/mol. The topological polar surface area (TPSA) is 80.2 Å². The molecule has 3 rings (SSSR count). The van der Waals surface area contributed by atoms with Crippen LogP contribution in [0, 0.1) is 6.92 Å². The van der Waals surface area contributed by atoms with E-state index in [2.05, 4.69) is 25.2 Å². The van der Waals surface area contributed by atoms with Crippen LogP contribution in [0.4, 0.5) is 19.7 Å². The van der Waals surface area contributed by atoms with Gasteiger partial charge >= 0.3 is 6.61 Å². The van der Waals surface area contributed by atoms with Gasteiger partial charge in [-0.1, -0.05) is 0 Å². The zero-order valence-corrected chi connectivity index (χ0v) is 16.1. The fraction of sp³-hybridized carbons (Fsp3) is 0.222. The summed E-state index contributed by atoms with van der Waals surface area (Å²) < 4.78 is 28.8. The first-order chi connectivity index (χ1) is 13.3. The molecule has 0 radical (unpaired) electrons. The van der Waals surface area contributed by atoms with Crippen molar-refractivity contribution in [3.63, 3.8) is 0 Å². The van der Waals surface area contributed by atoms with Crippen molar-refractivity contribution in [1.29, 1.82) is 0 Å². The predicted octanol–water partition coefficient (Wildman–Crippen LogP) is 3.83. The second-order valence-corrected chi connectivity index (χ2v) is 7.16. The van der Waals surface area contributed by atoms with Gasteiger partial charge in [0.25, 0.3) is 5.91 Å². The molecule has 1 aromatic carbocycles. The third-order valence-electron chi connectivity index (χ3n) is 3.71. The smallest absolute Gasteiger partial charge is 0.387 e. The first kappa shape index (κ1) is 19.6. The number of thiazole rings is 1. The normalized spacial score (nSPS) is 10.8. The standard InChI is InChI=1S/C18H17F2N5O2S/c1-10-15(11-4-6-12(7-5-11)27-17(19)20)21-18(28-10)22-16(26)13-8-9-14(24-23-13)25(2)3/h4-9,17H,1-3H3,(H,21,22,26). The number of carbonyl (C=O) groups is 1. The number of amides is 1. The molecule has 0 aliphatic rings. The van der Waals surface area contributed by atoms with Crippen molar-refractivity contribution < 1.29 is 18.3 Å². The molecule has 2 aromatic heterocycles. The second-order valence-electron chi connectivity index (χ2n) is 5.95. The lowest BCUT2D eigenvalue weighted by Gasteiger charge is -2.09. The lowest BCUT2D eigenvalue weighted by atomic mass is 10.1. The molecule has 0 saturated heterocycles. The largest absolute Gasteiger partial charge is 0.435 e. The fourth-order valence-electron chi connectivity index (χ4n) is 2.36. The van der Waals surface area contributed by atoms with Crippen molar-refractivity contribution in [3.05, 3.63) is 47.0 Å². The van der Waals surface area contributed by atoms with Crippen LogP contribution in [0.15, 0.2) is 36.4 Å². The number of alkyl halides is 2. The molecule has 3 aromatic rings. The predicted molar refractivity (Wildman–Crippen MR) is 103 cm³/mol. The van der Waals surface area contributed by atoms with E-state index in [1.807, 2.05) is 21.0 Å². The number of rotatable bonds is 6. The van der Waals surface area contributed by atoms with Gasteiger partial charge in [0.05, 0.1) is 5.69 Å². The Morgan fingerprint density at radius 2 is 1.86 bits per heavy atom. The van der Waals surface area contributed by atoms with Gasteiger partial charge in [0.15, 0.2) is 16.6 Å². The molecule has 0 bridgehead atoms. The first-order valence-corrected chi connectivity index (χ1v) is 9.00. The highest BCUT2D eigenvalue weighted by atomic mass is 32.1. The Hall–Kier alpha value is -3.14. The number of nitrogens with one attached hydrogen (secondary N) is 1. The van der Waals surface area contributed by atoms with Gasteiger partial charge in [-0.3, -0.25) is 10.1 Å². The van der Waals surface area contributed by atoms with Crippen LogP contribution >= 0.6 is 11.3 Å². The van der Waals surface area contributed by atoms with E-state index in [0.29, 0.717) is 16.6 Å². The summed E-state index contributed by atoms with van der Waals surface area (Å²) in [6, 6.07) is 9.44. The summed E-state index contributed by atoms with van der Waals surface area (Å²) in [7, 11) is 3.66. The average molecular weight is 405 g/mol. The number of aromatic nitrogens is 3. The minimum atomic E-state index is -2.87. The van der Waals surface area contributed by atoms with E-state index in [0.717, 1.165) is 10.4 Å². The molecule has 28 heavy (non-hydrogen) atoms. The van der Waals surface area contributed by atoms with Crippen molar-refractivity contribution in [2.75, 3.05) is 24.3 Å². The number of aryl methyl sites for hydroxylation is 1. The van der Waals surface area contributed by atoms with Crippen LogP contribution in [0.5, 0.6) is 5.75 Å². The van der Waals surface area contributed by atoms with Gasteiger partial charge in [-0.2, -0.15) is 8.78 Å². The van der Waals surface area contributed by atoms with E-state index in [-0.39, 0.29) is 11.4 Å². The Kier molecular flexibility index (Phi) is 5.78. The van der Waals surface area contributed by atoms with Crippen LogP contribution in [0.2, 0.25) is 0 Å². The number of ether oxygens (including phenoxy) is 1. The maximum Gasteiger partial charge on any atom is 0.387 e. The molecule has 0 atom stereocenters. The van der Waals surface area contributed by atoms with Crippen LogP contribution < -0.4 is 15.0 Å². The molecular formula is C18H17F2N5O2S. The van der Waals surface area contributed by atoms with Gasteiger partial charge in [0, 0.05) is 24.5 Å². The summed E-state index contributed by atoms with van der Waals surface area (Å²) >= 11 is 1.30. The lowest BCUT2D eigenvalue weighted by Crippen LogP contribution is -2.16. The van der Waals surface area contributed by atoms with Crippen LogP contribution in [0.1, 0.15) is 15.4 Å². The molecule has 0 aliphatic carbocycles. The van der Waals surface area contributed by atoms with E-state index < -0.39 is 12.5 Å². The highest BCUT2D eigenvalue weighted by Crippen LogP contribution is 2.31. The molecule has 10 heteroatoms. The Bertz CT molecular complexity index is 959. The summed E-state index contributed by atoms with van der Waals surface area (Å²) in [5, 5.41) is 11.0. The third-order valence-corrected chi connectivity index (χ3v) is 4.60. The zero-order valence-electron chi connectivity index (χ0n) is 15.3. The Labute approximate surface area is 164 Å². The van der Waals surface area contributed by atoms with E-state index >= 15 is 0 Å². The summed E-state index contributed by atoms with van der Waals surface area (Å²) in [6.45, 7) is -1.01. The minimum Gasteiger partial charge on any atom is -0.435 e. The number of nitrogens with zero attached hydrogens (tertiary/aromatic N) is 4. The maximum absolute atomic E-state index is 12.4. The Morgan fingerprint density at radius 1 is 1.14 bits per heavy atom. The van der Waals surface area contributed by atoms with Gasteiger partial charge in [-0.05, 0) is 43.3 Å². The summed E-state index contributed by atoms with van der Waals surface area (Å²) in [6.07, 6.45) is 0. The van der Waals surface area contributed by atoms with Gasteiger partial charge in [0.2, 0.25) is 0 Å². The molecule has 0 spiro atoms. The minimum absolute atomic E-state index is 0.0694. The van der Waals surface area contributed by atoms with Crippen molar-refractivity contribution in [1.82, 2.24) is 15.2 Å². The molecule has 7 nitrogen and oxygen atoms in total. The first-order valence-electron chi connectivity index (χ1n) is 8.18. The number of carbonyl (C=O) groups excluding carboxylic acids is 1. The summed E-state index contributed by atoms with van der Waals surface area (Å²) in [5.41, 5.74) is 1.55. The number of benzene rings is 1. The van der Waals surface area contributed by atoms with Crippen LogP contribution in [-0.4, -0.2) is 41.8 Å². The lowest BCUT2D eigenvalue weighted by molar-refractivity contribution is -0.0498. The Morgan fingerprint density at radius 3 is 2.43 bits per heavy atom. The van der Waals surface area contributed by atoms with Crippen LogP contribution in [0.3, 0.4) is 0 Å². The molecule has 0 fully saturated rings. The highest BCUT2D eigenvalue weighted by molar-refractivity contribution is 7.16. The number of anilines is 2. The number of hydrogen-bond acceptors (Lipinski definition) is 7. The molecule has 1 amide bonds. The molecule has 0 saturated carbocycles. The maximum atomic E-state index is 12.4. The molecule has 146 valence electrons. The van der Waals surface area contributed by atoms with E-state index in [1.165, 1.54) is 23.5 Å². The Balaban J connectivity index is 1.73. The van der Waals surface area contributed by atoms with E-state index in [4.69, 9.17) is 0 Å². The van der Waals surface area contributed by atoms with Gasteiger partial charge in [-0.15, -0.1) is 21.5 Å². The van der Waals surface area contributed by atoms with Gasteiger partial charge in [0.1, 0.15) is 5.75 Å². The van der Waals surface area contributed by atoms with Crippen LogP contribution in [0.25, 0.3) is 11.3 Å². The highest BCUT2D eigenvalue weighted by Gasteiger charge is 2.15. The fourth-order valence-corrected chi connectivity index (χ4v) is 3.19. The molecule has 0 aliphatic heterocycles. The number of halogens is 2. The molecule has 2 heterocycles. The van der Waals surface area contributed by atoms with E-state index in [1.54, 1.807) is 29.2 Å². The average Bonchev–Trinajstić information content (AvgIpc) is 3.02. The SMILES string of the molecule is Cc1sc(NC(=O)c2ccc(N(C)C)nn2)nc1-c1ccc(OC(F)F)cc1. The zero-order chi connectivity index (χ0) is 20.3. The van der Waals surface area contributed by atoms with Crippen molar-refractivity contribution >= 4 is 28.2 Å². The van der Waals surface area contributed by atoms with Crippen molar-refractivity contribution in [3.8, 4) is 17.0 Å².